The van der Waals surface area contributed by atoms with Gasteiger partial charge in [0.2, 0.25) is 0 Å². The van der Waals surface area contributed by atoms with Crippen molar-refractivity contribution in [2.45, 2.75) is 13.8 Å². The lowest BCUT2D eigenvalue weighted by atomic mass is 10.1. The van der Waals surface area contributed by atoms with Gasteiger partial charge in [0, 0.05) is 17.7 Å². The number of hydrazone groups is 1. The summed E-state index contributed by atoms with van der Waals surface area (Å²) in [6, 6.07) is 14.9. The van der Waals surface area contributed by atoms with Crippen LogP contribution in [0.1, 0.15) is 29.9 Å². The van der Waals surface area contributed by atoms with E-state index in [0.717, 1.165) is 11.3 Å². The van der Waals surface area contributed by atoms with Gasteiger partial charge in [-0.15, -0.1) is 0 Å². The summed E-state index contributed by atoms with van der Waals surface area (Å²) in [5.41, 5.74) is 5.34. The largest absolute Gasteiger partial charge is 0.494 e. The molecule has 0 atom stereocenters. The van der Waals surface area contributed by atoms with E-state index in [1.165, 1.54) is 12.1 Å². The van der Waals surface area contributed by atoms with E-state index >= 15 is 0 Å². The van der Waals surface area contributed by atoms with E-state index in [9.17, 15) is 14.9 Å². The fraction of sp³-hybridized carbons (Fsp3) is 0.150. The van der Waals surface area contributed by atoms with Gasteiger partial charge in [0.1, 0.15) is 11.4 Å². The molecule has 0 aliphatic heterocycles. The first-order valence-corrected chi connectivity index (χ1v) is 8.86. The SMILES string of the molecule is CCOc1ccc(-c2cc(C(=O)NN=C(C)c3ccc([N+](=O)[O-])cc3)[nH]n2)cc1. The smallest absolute Gasteiger partial charge is 0.289 e. The molecule has 9 nitrogen and oxygen atoms in total. The zero-order chi connectivity index (χ0) is 20.8. The van der Waals surface area contributed by atoms with Crippen LogP contribution in [-0.2, 0) is 0 Å². The van der Waals surface area contributed by atoms with Gasteiger partial charge in [-0.2, -0.15) is 10.2 Å². The molecule has 2 N–H and O–H groups in total. The molecule has 0 saturated carbocycles. The van der Waals surface area contributed by atoms with Crippen LogP contribution in [0, 0.1) is 10.1 Å². The second-order valence-electron chi connectivity index (χ2n) is 6.07. The van der Waals surface area contributed by atoms with E-state index in [-0.39, 0.29) is 11.4 Å². The van der Waals surface area contributed by atoms with Crippen LogP contribution in [-0.4, -0.2) is 33.3 Å². The van der Waals surface area contributed by atoms with Crippen LogP contribution in [0.4, 0.5) is 5.69 Å². The monoisotopic (exact) mass is 393 g/mol. The number of aromatic amines is 1. The van der Waals surface area contributed by atoms with Gasteiger partial charge in [-0.25, -0.2) is 5.43 Å². The molecule has 1 amide bonds. The number of nitro benzene ring substituents is 1. The minimum absolute atomic E-state index is 0.00938. The predicted octanol–water partition coefficient (Wildman–Crippen LogP) is 3.54. The van der Waals surface area contributed by atoms with Gasteiger partial charge in [0.15, 0.2) is 0 Å². The number of carbonyl (C=O) groups is 1. The number of aromatic nitrogens is 2. The number of hydrogen-bond donors (Lipinski definition) is 2. The minimum Gasteiger partial charge on any atom is -0.494 e. The highest BCUT2D eigenvalue weighted by molar-refractivity contribution is 6.00. The Morgan fingerprint density at radius 3 is 2.52 bits per heavy atom. The van der Waals surface area contributed by atoms with E-state index in [1.807, 2.05) is 31.2 Å². The fourth-order valence-corrected chi connectivity index (χ4v) is 2.56. The second-order valence-corrected chi connectivity index (χ2v) is 6.07. The molecule has 0 aliphatic rings. The lowest BCUT2D eigenvalue weighted by Crippen LogP contribution is -2.19. The summed E-state index contributed by atoms with van der Waals surface area (Å²) in [6.07, 6.45) is 0. The van der Waals surface area contributed by atoms with E-state index in [4.69, 9.17) is 4.74 Å². The number of nitrogens with one attached hydrogen (secondary N) is 2. The normalized spacial score (nSPS) is 11.2. The lowest BCUT2D eigenvalue weighted by Gasteiger charge is -2.03. The molecule has 0 fully saturated rings. The van der Waals surface area contributed by atoms with E-state index < -0.39 is 10.8 Å². The summed E-state index contributed by atoms with van der Waals surface area (Å²) in [5.74, 6) is 0.316. The molecule has 3 rings (SSSR count). The highest BCUT2D eigenvalue weighted by Gasteiger charge is 2.11. The number of nitro groups is 1. The van der Waals surface area contributed by atoms with Gasteiger partial charge in [0.25, 0.3) is 11.6 Å². The quantitative estimate of drug-likeness (QED) is 0.361. The van der Waals surface area contributed by atoms with Crippen LogP contribution in [0.25, 0.3) is 11.3 Å². The summed E-state index contributed by atoms with van der Waals surface area (Å²) in [5, 5.41) is 21.6. The standard InChI is InChI=1S/C20H19N5O4/c1-3-29-17-10-6-15(7-11-17)18-12-19(23-22-18)20(26)24-21-13(2)14-4-8-16(9-5-14)25(27)28/h4-12H,3H2,1-2H3,(H,22,23)(H,24,26). The first-order valence-electron chi connectivity index (χ1n) is 8.86. The van der Waals surface area contributed by atoms with Crippen molar-refractivity contribution in [2.24, 2.45) is 5.10 Å². The molecule has 2 aromatic carbocycles. The van der Waals surface area contributed by atoms with Gasteiger partial charge in [0.05, 0.1) is 22.9 Å². The van der Waals surface area contributed by atoms with Crippen molar-refractivity contribution in [3.05, 3.63) is 76.0 Å². The molecule has 0 saturated heterocycles. The molecule has 0 bridgehead atoms. The van der Waals surface area contributed by atoms with Gasteiger partial charge in [-0.3, -0.25) is 20.0 Å². The zero-order valence-electron chi connectivity index (χ0n) is 15.9. The van der Waals surface area contributed by atoms with E-state index in [2.05, 4.69) is 20.7 Å². The Morgan fingerprint density at radius 1 is 1.21 bits per heavy atom. The highest BCUT2D eigenvalue weighted by atomic mass is 16.6. The van der Waals surface area contributed by atoms with E-state index in [0.29, 0.717) is 23.6 Å². The summed E-state index contributed by atoms with van der Waals surface area (Å²) >= 11 is 0. The lowest BCUT2D eigenvalue weighted by molar-refractivity contribution is -0.384. The first kappa shape index (κ1) is 19.7. The molecular weight excluding hydrogens is 374 g/mol. The van der Waals surface area contributed by atoms with Crippen molar-refractivity contribution >= 4 is 17.3 Å². The van der Waals surface area contributed by atoms with Crippen LogP contribution in [0.2, 0.25) is 0 Å². The predicted molar refractivity (Wildman–Crippen MR) is 108 cm³/mol. The van der Waals surface area contributed by atoms with Crippen LogP contribution < -0.4 is 10.2 Å². The average molecular weight is 393 g/mol. The number of benzene rings is 2. The summed E-state index contributed by atoms with van der Waals surface area (Å²) in [7, 11) is 0. The van der Waals surface area contributed by atoms with Crippen molar-refractivity contribution < 1.29 is 14.5 Å². The van der Waals surface area contributed by atoms with Crippen LogP contribution in [0.3, 0.4) is 0 Å². The highest BCUT2D eigenvalue weighted by Crippen LogP contribution is 2.21. The molecule has 0 unspecified atom stereocenters. The summed E-state index contributed by atoms with van der Waals surface area (Å²) < 4.78 is 5.41. The Hall–Kier alpha value is -4.01. The third-order valence-corrected chi connectivity index (χ3v) is 4.10. The third kappa shape index (κ3) is 4.83. The Kier molecular flexibility index (Phi) is 5.98. The maximum Gasteiger partial charge on any atom is 0.289 e. The van der Waals surface area contributed by atoms with Gasteiger partial charge in [-0.05, 0) is 61.9 Å². The number of rotatable bonds is 7. The van der Waals surface area contributed by atoms with Crippen LogP contribution in [0.5, 0.6) is 5.75 Å². The number of nitrogens with zero attached hydrogens (tertiary/aromatic N) is 3. The van der Waals surface area contributed by atoms with Crippen molar-refractivity contribution in [3.8, 4) is 17.0 Å². The van der Waals surface area contributed by atoms with Gasteiger partial charge in [-0.1, -0.05) is 0 Å². The molecule has 0 aliphatic carbocycles. The maximum atomic E-state index is 12.3. The van der Waals surface area contributed by atoms with Crippen molar-refractivity contribution in [2.75, 3.05) is 6.61 Å². The molecule has 148 valence electrons. The molecule has 0 spiro atoms. The van der Waals surface area contributed by atoms with E-state index in [1.54, 1.807) is 25.1 Å². The topological polar surface area (TPSA) is 123 Å². The van der Waals surface area contributed by atoms with Crippen molar-refractivity contribution in [1.29, 1.82) is 0 Å². The van der Waals surface area contributed by atoms with Crippen molar-refractivity contribution in [1.82, 2.24) is 15.6 Å². The van der Waals surface area contributed by atoms with Gasteiger partial charge < -0.3 is 4.74 Å². The van der Waals surface area contributed by atoms with Crippen molar-refractivity contribution in [3.63, 3.8) is 0 Å². The first-order chi connectivity index (χ1) is 14.0. The molecular formula is C20H19N5O4. The molecule has 0 radical (unpaired) electrons. The number of carbonyl (C=O) groups excluding carboxylic acids is 1. The molecule has 29 heavy (non-hydrogen) atoms. The van der Waals surface area contributed by atoms with Crippen LogP contribution in [0.15, 0.2) is 59.7 Å². The summed E-state index contributed by atoms with van der Waals surface area (Å²) in [6.45, 7) is 4.20. The Balaban J connectivity index is 1.66. The molecule has 9 heteroatoms. The summed E-state index contributed by atoms with van der Waals surface area (Å²) in [4.78, 5) is 22.5. The average Bonchev–Trinajstić information content (AvgIpc) is 3.23. The zero-order valence-corrected chi connectivity index (χ0v) is 15.9. The van der Waals surface area contributed by atoms with Gasteiger partial charge >= 0.3 is 0 Å². The number of non-ortho nitro benzene ring substituents is 1. The molecule has 1 aromatic heterocycles. The number of amides is 1. The maximum absolute atomic E-state index is 12.3. The number of H-pyrrole nitrogens is 1. The fourth-order valence-electron chi connectivity index (χ4n) is 2.56. The molecule has 1 heterocycles. The number of ether oxygens (including phenoxy) is 1. The Bertz CT molecular complexity index is 1040. The Morgan fingerprint density at radius 2 is 1.90 bits per heavy atom. The minimum atomic E-state index is -0.474. The molecule has 3 aromatic rings. The van der Waals surface area contributed by atoms with Crippen LogP contribution >= 0.6 is 0 Å². The Labute approximate surface area is 166 Å². The number of hydrogen-bond acceptors (Lipinski definition) is 6. The second kappa shape index (κ2) is 8.79. The third-order valence-electron chi connectivity index (χ3n) is 4.10.